The van der Waals surface area contributed by atoms with Gasteiger partial charge in [0.25, 0.3) is 0 Å². The fraction of sp³-hybridized carbons (Fsp3) is 0.308. The molecule has 20 heavy (non-hydrogen) atoms. The summed E-state index contributed by atoms with van der Waals surface area (Å²) >= 11 is 4.79. The molecule has 1 aliphatic rings. The van der Waals surface area contributed by atoms with Gasteiger partial charge in [-0.05, 0) is 30.7 Å². The number of thioether (sulfide) groups is 1. The van der Waals surface area contributed by atoms with Gasteiger partial charge in [-0.1, -0.05) is 15.9 Å². The number of piperazine rings is 1. The monoisotopic (exact) mass is 356 g/mol. The molecule has 1 aromatic rings. The third-order valence-electron chi connectivity index (χ3n) is 2.79. The lowest BCUT2D eigenvalue weighted by atomic mass is 10.2. The molecule has 7 heteroatoms. The maximum Gasteiger partial charge on any atom is 0.246 e. The van der Waals surface area contributed by atoms with Crippen LogP contribution in [-0.2, 0) is 14.4 Å². The van der Waals surface area contributed by atoms with Crippen molar-refractivity contribution in [2.24, 2.45) is 0 Å². The van der Waals surface area contributed by atoms with E-state index >= 15 is 0 Å². The van der Waals surface area contributed by atoms with Gasteiger partial charge >= 0.3 is 0 Å². The molecule has 0 aliphatic carbocycles. The highest BCUT2D eigenvalue weighted by atomic mass is 79.9. The van der Waals surface area contributed by atoms with Gasteiger partial charge < -0.3 is 4.90 Å². The number of imide groups is 1. The van der Waals surface area contributed by atoms with Crippen LogP contribution in [0.1, 0.15) is 5.56 Å². The minimum atomic E-state index is -0.431. The first-order valence-electron chi connectivity index (χ1n) is 5.95. The van der Waals surface area contributed by atoms with Gasteiger partial charge in [0.2, 0.25) is 17.7 Å². The van der Waals surface area contributed by atoms with Crippen LogP contribution in [0, 0.1) is 6.92 Å². The molecule has 1 N–H and O–H groups in total. The highest BCUT2D eigenvalue weighted by Gasteiger charge is 2.26. The SMILES string of the molecule is Cc1cc(Br)ccc1SCC(=O)N1CC(=O)NC(=O)C1. The molecule has 0 spiro atoms. The summed E-state index contributed by atoms with van der Waals surface area (Å²) in [6.07, 6.45) is 0. The van der Waals surface area contributed by atoms with Gasteiger partial charge in [-0.2, -0.15) is 0 Å². The number of hydrogen-bond donors (Lipinski definition) is 1. The van der Waals surface area contributed by atoms with Crippen molar-refractivity contribution in [1.82, 2.24) is 10.2 Å². The van der Waals surface area contributed by atoms with Crippen LogP contribution in [0.15, 0.2) is 27.6 Å². The fourth-order valence-electron chi connectivity index (χ4n) is 1.82. The molecule has 106 valence electrons. The molecule has 1 fully saturated rings. The number of carbonyl (C=O) groups is 3. The van der Waals surface area contributed by atoms with Crippen molar-refractivity contribution < 1.29 is 14.4 Å². The molecule has 1 heterocycles. The van der Waals surface area contributed by atoms with Crippen LogP contribution in [0.3, 0.4) is 0 Å². The van der Waals surface area contributed by atoms with Gasteiger partial charge in [-0.3, -0.25) is 19.7 Å². The minimum absolute atomic E-state index is 0.0511. The van der Waals surface area contributed by atoms with Gasteiger partial charge in [0, 0.05) is 9.37 Å². The molecule has 0 radical (unpaired) electrons. The molecule has 3 amide bonds. The van der Waals surface area contributed by atoms with Crippen LogP contribution < -0.4 is 5.32 Å². The molecule has 1 saturated heterocycles. The molecule has 1 aliphatic heterocycles. The van der Waals surface area contributed by atoms with Crippen LogP contribution in [0.2, 0.25) is 0 Å². The van der Waals surface area contributed by atoms with E-state index in [1.165, 1.54) is 16.7 Å². The number of benzene rings is 1. The summed E-state index contributed by atoms with van der Waals surface area (Å²) in [5, 5.41) is 2.17. The second-order valence-corrected chi connectivity index (χ2v) is 6.35. The molecule has 5 nitrogen and oxygen atoms in total. The van der Waals surface area contributed by atoms with Crippen molar-refractivity contribution in [3.63, 3.8) is 0 Å². The lowest BCUT2D eigenvalue weighted by molar-refractivity contribution is -0.144. The topological polar surface area (TPSA) is 66.5 Å². The molecule has 1 aromatic carbocycles. The van der Waals surface area contributed by atoms with Gasteiger partial charge in [-0.15, -0.1) is 11.8 Å². The summed E-state index contributed by atoms with van der Waals surface area (Å²) in [7, 11) is 0. The lowest BCUT2D eigenvalue weighted by Crippen LogP contribution is -2.53. The maximum atomic E-state index is 12.0. The number of rotatable bonds is 3. The normalized spacial score (nSPS) is 15.2. The molecular formula is C13H13BrN2O3S. The van der Waals surface area contributed by atoms with Crippen LogP contribution in [0.4, 0.5) is 0 Å². The largest absolute Gasteiger partial charge is 0.323 e. The Balaban J connectivity index is 1.95. The third-order valence-corrected chi connectivity index (χ3v) is 4.44. The Morgan fingerprint density at radius 1 is 1.35 bits per heavy atom. The van der Waals surface area contributed by atoms with Gasteiger partial charge in [-0.25, -0.2) is 0 Å². The first-order chi connectivity index (χ1) is 9.45. The molecule has 2 rings (SSSR count). The number of halogens is 1. The van der Waals surface area contributed by atoms with Crippen molar-refractivity contribution in [3.8, 4) is 0 Å². The van der Waals surface area contributed by atoms with E-state index < -0.39 is 11.8 Å². The smallest absolute Gasteiger partial charge is 0.246 e. The number of amides is 3. The van der Waals surface area contributed by atoms with Crippen molar-refractivity contribution in [2.45, 2.75) is 11.8 Å². The lowest BCUT2D eigenvalue weighted by Gasteiger charge is -2.25. The van der Waals surface area contributed by atoms with Crippen molar-refractivity contribution in [2.75, 3.05) is 18.8 Å². The Hall–Kier alpha value is -1.34. The molecule has 0 saturated carbocycles. The second-order valence-electron chi connectivity index (χ2n) is 4.42. The highest BCUT2D eigenvalue weighted by molar-refractivity contribution is 9.10. The molecular weight excluding hydrogens is 344 g/mol. The second kappa shape index (κ2) is 6.41. The number of nitrogens with zero attached hydrogens (tertiary/aromatic N) is 1. The zero-order valence-corrected chi connectivity index (χ0v) is 13.2. The van der Waals surface area contributed by atoms with E-state index in [0.717, 1.165) is 14.9 Å². The van der Waals surface area contributed by atoms with E-state index in [0.29, 0.717) is 0 Å². The summed E-state index contributed by atoms with van der Waals surface area (Å²) in [4.78, 5) is 36.7. The average molecular weight is 357 g/mol. The molecule has 0 bridgehead atoms. The van der Waals surface area contributed by atoms with E-state index in [1.54, 1.807) is 0 Å². The molecule has 0 aromatic heterocycles. The van der Waals surface area contributed by atoms with E-state index in [-0.39, 0.29) is 24.7 Å². The molecule has 0 unspecified atom stereocenters. The number of hydrogen-bond acceptors (Lipinski definition) is 4. The highest BCUT2D eigenvalue weighted by Crippen LogP contribution is 2.25. The quantitative estimate of drug-likeness (QED) is 0.655. The van der Waals surface area contributed by atoms with Gasteiger partial charge in [0.05, 0.1) is 5.75 Å². The number of carbonyl (C=O) groups excluding carboxylic acids is 3. The van der Waals surface area contributed by atoms with Gasteiger partial charge in [0.15, 0.2) is 0 Å². The third kappa shape index (κ3) is 3.83. The zero-order valence-electron chi connectivity index (χ0n) is 10.8. The summed E-state index contributed by atoms with van der Waals surface area (Å²) in [5.41, 5.74) is 1.07. The maximum absolute atomic E-state index is 12.0. The standard InChI is InChI=1S/C13H13BrN2O3S/c1-8-4-9(14)2-3-10(8)20-7-13(19)16-5-11(17)15-12(18)6-16/h2-4H,5-7H2,1H3,(H,15,17,18). The van der Waals surface area contributed by atoms with Crippen LogP contribution in [0.25, 0.3) is 0 Å². The first-order valence-corrected chi connectivity index (χ1v) is 7.73. The van der Waals surface area contributed by atoms with E-state index in [1.807, 2.05) is 25.1 Å². The summed E-state index contributed by atoms with van der Waals surface area (Å²) in [6.45, 7) is 1.87. The summed E-state index contributed by atoms with van der Waals surface area (Å²) in [6, 6.07) is 5.83. The Labute approximate surface area is 129 Å². The van der Waals surface area contributed by atoms with Crippen LogP contribution in [0.5, 0.6) is 0 Å². The van der Waals surface area contributed by atoms with E-state index in [9.17, 15) is 14.4 Å². The Morgan fingerprint density at radius 3 is 2.60 bits per heavy atom. The number of nitrogens with one attached hydrogen (secondary N) is 1. The van der Waals surface area contributed by atoms with Crippen molar-refractivity contribution >= 4 is 45.4 Å². The fourth-order valence-corrected chi connectivity index (χ4v) is 3.21. The zero-order chi connectivity index (χ0) is 14.7. The average Bonchev–Trinajstić information content (AvgIpc) is 2.36. The van der Waals surface area contributed by atoms with Crippen LogP contribution in [-0.4, -0.2) is 41.5 Å². The summed E-state index contributed by atoms with van der Waals surface area (Å²) < 4.78 is 0.990. The van der Waals surface area contributed by atoms with Crippen molar-refractivity contribution in [1.29, 1.82) is 0 Å². The Bertz CT molecular complexity index is 561. The van der Waals surface area contributed by atoms with Crippen LogP contribution >= 0.6 is 27.7 Å². The Morgan fingerprint density at radius 2 is 2.00 bits per heavy atom. The van der Waals surface area contributed by atoms with E-state index in [4.69, 9.17) is 0 Å². The molecule has 0 atom stereocenters. The summed E-state index contributed by atoms with van der Waals surface area (Å²) in [5.74, 6) is -0.859. The first kappa shape index (κ1) is 15.1. The van der Waals surface area contributed by atoms with E-state index in [2.05, 4.69) is 21.2 Å². The van der Waals surface area contributed by atoms with Gasteiger partial charge in [0.1, 0.15) is 13.1 Å². The Kier molecular flexibility index (Phi) is 4.82. The van der Waals surface area contributed by atoms with Crippen molar-refractivity contribution in [3.05, 3.63) is 28.2 Å². The minimum Gasteiger partial charge on any atom is -0.323 e. The predicted octanol–water partition coefficient (Wildman–Crippen LogP) is 1.33. The number of aryl methyl sites for hydroxylation is 1. The predicted molar refractivity (Wildman–Crippen MR) is 79.3 cm³/mol.